The minimum Gasteiger partial charge on any atom is -0.480 e. The summed E-state index contributed by atoms with van der Waals surface area (Å²) in [5, 5.41) is 12.8. The molecule has 1 aromatic heterocycles. The van der Waals surface area contributed by atoms with Crippen molar-refractivity contribution in [3.05, 3.63) is 18.1 Å². The number of aryl methyl sites for hydroxylation is 1. The number of aliphatic carboxylic acids is 1. The summed E-state index contributed by atoms with van der Waals surface area (Å²) in [6.07, 6.45) is 6.67. The van der Waals surface area contributed by atoms with Crippen LogP contribution in [0.3, 0.4) is 0 Å². The number of hydrogen-bond donors (Lipinski definition) is 2. The van der Waals surface area contributed by atoms with Gasteiger partial charge in [0.25, 0.3) is 0 Å². The van der Waals surface area contributed by atoms with Crippen LogP contribution in [0.1, 0.15) is 51.6 Å². The van der Waals surface area contributed by atoms with E-state index in [-0.39, 0.29) is 0 Å². The molecule has 0 radical (unpaired) electrons. The highest BCUT2D eigenvalue weighted by Crippen LogP contribution is 2.36. The van der Waals surface area contributed by atoms with Gasteiger partial charge in [0, 0.05) is 11.8 Å². The highest BCUT2D eigenvalue weighted by atomic mass is 16.4. The Labute approximate surface area is 119 Å². The summed E-state index contributed by atoms with van der Waals surface area (Å²) < 4.78 is 0. The standard InChI is InChI=1S/C15H23N3O2/c1-3-11-5-7-15(8-6-11,14(19)20)18-13-9-12(4-2)16-10-17-13/h9-11H,3-8H2,1-2H3,(H,19,20)(H,16,17,18). The van der Waals surface area contributed by atoms with Crippen LogP contribution >= 0.6 is 0 Å². The highest BCUT2D eigenvalue weighted by molar-refractivity contribution is 5.82. The van der Waals surface area contributed by atoms with E-state index in [1.165, 1.54) is 6.33 Å². The van der Waals surface area contributed by atoms with Crippen molar-refractivity contribution in [1.29, 1.82) is 0 Å². The molecule has 0 aromatic carbocycles. The second-order valence-electron chi connectivity index (χ2n) is 5.61. The molecule has 0 amide bonds. The van der Waals surface area contributed by atoms with E-state index in [9.17, 15) is 9.90 Å². The minimum absolute atomic E-state index is 0.620. The third-order valence-electron chi connectivity index (χ3n) is 4.40. The molecule has 1 saturated carbocycles. The molecule has 2 rings (SSSR count). The number of rotatable bonds is 5. The smallest absolute Gasteiger partial charge is 0.329 e. The van der Waals surface area contributed by atoms with Crippen molar-refractivity contribution in [3.8, 4) is 0 Å². The van der Waals surface area contributed by atoms with Crippen LogP contribution in [0.25, 0.3) is 0 Å². The van der Waals surface area contributed by atoms with Crippen molar-refractivity contribution in [2.45, 2.75) is 57.9 Å². The lowest BCUT2D eigenvalue weighted by atomic mass is 9.75. The van der Waals surface area contributed by atoms with Crippen LogP contribution < -0.4 is 5.32 Å². The van der Waals surface area contributed by atoms with Crippen molar-refractivity contribution in [2.75, 3.05) is 5.32 Å². The number of anilines is 1. The molecule has 5 heteroatoms. The number of carboxylic acid groups (broad SMARTS) is 1. The molecule has 0 bridgehead atoms. The van der Waals surface area contributed by atoms with Crippen LogP contribution in [-0.2, 0) is 11.2 Å². The molecule has 1 heterocycles. The Kier molecular flexibility index (Phi) is 4.57. The second-order valence-corrected chi connectivity index (χ2v) is 5.61. The van der Waals surface area contributed by atoms with Crippen molar-refractivity contribution >= 4 is 11.8 Å². The molecule has 0 spiro atoms. The topological polar surface area (TPSA) is 75.1 Å². The minimum atomic E-state index is -0.870. The first-order valence-electron chi connectivity index (χ1n) is 7.42. The van der Waals surface area contributed by atoms with Gasteiger partial charge in [-0.05, 0) is 38.0 Å². The molecular formula is C15H23N3O2. The number of hydrogen-bond acceptors (Lipinski definition) is 4. The molecule has 5 nitrogen and oxygen atoms in total. The van der Waals surface area contributed by atoms with Gasteiger partial charge in [0.1, 0.15) is 17.7 Å². The Morgan fingerprint density at radius 2 is 2.10 bits per heavy atom. The molecule has 20 heavy (non-hydrogen) atoms. The number of carbonyl (C=O) groups is 1. The van der Waals surface area contributed by atoms with Crippen LogP contribution in [0.4, 0.5) is 5.82 Å². The third kappa shape index (κ3) is 3.08. The summed E-state index contributed by atoms with van der Waals surface area (Å²) >= 11 is 0. The van der Waals surface area contributed by atoms with E-state index in [0.717, 1.165) is 31.4 Å². The summed E-state index contributed by atoms with van der Waals surface area (Å²) in [7, 11) is 0. The summed E-state index contributed by atoms with van der Waals surface area (Å²) in [4.78, 5) is 20.0. The van der Waals surface area contributed by atoms with Crippen LogP contribution in [0, 0.1) is 5.92 Å². The van der Waals surface area contributed by atoms with Crippen LogP contribution in [-0.4, -0.2) is 26.6 Å². The largest absolute Gasteiger partial charge is 0.480 e. The van der Waals surface area contributed by atoms with Crippen molar-refractivity contribution in [1.82, 2.24) is 9.97 Å². The van der Waals surface area contributed by atoms with Gasteiger partial charge in [-0.25, -0.2) is 14.8 Å². The first-order valence-corrected chi connectivity index (χ1v) is 7.42. The maximum Gasteiger partial charge on any atom is 0.329 e. The zero-order chi connectivity index (χ0) is 14.6. The number of nitrogens with zero attached hydrogens (tertiary/aromatic N) is 2. The molecule has 1 aromatic rings. The van der Waals surface area contributed by atoms with Gasteiger partial charge >= 0.3 is 5.97 Å². The molecule has 1 aliphatic rings. The monoisotopic (exact) mass is 277 g/mol. The highest BCUT2D eigenvalue weighted by Gasteiger charge is 2.41. The first-order chi connectivity index (χ1) is 9.59. The van der Waals surface area contributed by atoms with E-state index in [1.807, 2.05) is 13.0 Å². The van der Waals surface area contributed by atoms with E-state index >= 15 is 0 Å². The van der Waals surface area contributed by atoms with E-state index in [1.54, 1.807) is 0 Å². The van der Waals surface area contributed by atoms with Gasteiger partial charge in [-0.15, -0.1) is 0 Å². The average Bonchev–Trinajstić information content (AvgIpc) is 2.48. The molecule has 0 atom stereocenters. The second kappa shape index (κ2) is 6.20. The molecule has 110 valence electrons. The maximum atomic E-state index is 11.7. The average molecular weight is 277 g/mol. The normalized spacial score (nSPS) is 26.2. The molecular weight excluding hydrogens is 254 g/mol. The third-order valence-corrected chi connectivity index (χ3v) is 4.40. The number of aromatic nitrogens is 2. The summed E-state index contributed by atoms with van der Waals surface area (Å²) in [6, 6.07) is 1.84. The van der Waals surface area contributed by atoms with E-state index in [2.05, 4.69) is 22.2 Å². The van der Waals surface area contributed by atoms with Crippen LogP contribution in [0.2, 0.25) is 0 Å². The van der Waals surface area contributed by atoms with E-state index < -0.39 is 11.5 Å². The maximum absolute atomic E-state index is 11.7. The van der Waals surface area contributed by atoms with Gasteiger partial charge in [0.15, 0.2) is 0 Å². The van der Waals surface area contributed by atoms with Crippen LogP contribution in [0.15, 0.2) is 12.4 Å². The number of carboxylic acids is 1. The summed E-state index contributed by atoms with van der Waals surface area (Å²) in [5.74, 6) is 0.499. The van der Waals surface area contributed by atoms with Gasteiger partial charge in [-0.3, -0.25) is 0 Å². The zero-order valence-corrected chi connectivity index (χ0v) is 12.2. The Morgan fingerprint density at radius 3 is 2.65 bits per heavy atom. The van der Waals surface area contributed by atoms with Crippen molar-refractivity contribution in [2.24, 2.45) is 5.92 Å². The first kappa shape index (κ1) is 14.8. The lowest BCUT2D eigenvalue weighted by molar-refractivity contribution is -0.143. The fraction of sp³-hybridized carbons (Fsp3) is 0.667. The summed E-state index contributed by atoms with van der Waals surface area (Å²) in [6.45, 7) is 4.19. The van der Waals surface area contributed by atoms with Gasteiger partial charge in [0.05, 0.1) is 0 Å². The Morgan fingerprint density at radius 1 is 1.40 bits per heavy atom. The molecule has 2 N–H and O–H groups in total. The van der Waals surface area contributed by atoms with Crippen molar-refractivity contribution in [3.63, 3.8) is 0 Å². The Bertz CT molecular complexity index is 468. The van der Waals surface area contributed by atoms with Gasteiger partial charge in [-0.2, -0.15) is 0 Å². The lowest BCUT2D eigenvalue weighted by Gasteiger charge is -2.37. The Balaban J connectivity index is 2.15. The quantitative estimate of drug-likeness (QED) is 0.865. The van der Waals surface area contributed by atoms with E-state index in [4.69, 9.17) is 0 Å². The molecule has 0 unspecified atom stereocenters. The van der Waals surface area contributed by atoms with E-state index in [0.29, 0.717) is 24.6 Å². The van der Waals surface area contributed by atoms with Gasteiger partial charge in [-0.1, -0.05) is 20.3 Å². The molecule has 0 aliphatic heterocycles. The predicted octanol–water partition coefficient (Wildman–Crippen LogP) is 2.87. The molecule has 1 aliphatic carbocycles. The Hall–Kier alpha value is -1.65. The molecule has 1 fully saturated rings. The lowest BCUT2D eigenvalue weighted by Crippen LogP contribution is -2.49. The zero-order valence-electron chi connectivity index (χ0n) is 12.2. The summed E-state index contributed by atoms with van der Waals surface area (Å²) in [5.41, 5.74) is 0.0516. The fourth-order valence-electron chi connectivity index (χ4n) is 2.88. The number of nitrogens with one attached hydrogen (secondary N) is 1. The van der Waals surface area contributed by atoms with Gasteiger partial charge in [0.2, 0.25) is 0 Å². The fourth-order valence-corrected chi connectivity index (χ4v) is 2.88. The van der Waals surface area contributed by atoms with Crippen molar-refractivity contribution < 1.29 is 9.90 Å². The molecule has 0 saturated heterocycles. The van der Waals surface area contributed by atoms with Crippen LogP contribution in [0.5, 0.6) is 0 Å². The predicted molar refractivity (Wildman–Crippen MR) is 77.6 cm³/mol. The van der Waals surface area contributed by atoms with Gasteiger partial charge < -0.3 is 10.4 Å². The SMILES string of the molecule is CCc1cc(NC2(C(=O)O)CCC(CC)CC2)ncn1.